The van der Waals surface area contributed by atoms with Crippen LogP contribution >= 0.6 is 11.6 Å². The lowest BCUT2D eigenvalue weighted by Crippen LogP contribution is -2.39. The van der Waals surface area contributed by atoms with Crippen LogP contribution in [0.15, 0.2) is 24.3 Å². The number of nitrogens with two attached hydrogens (primary N) is 1. The van der Waals surface area contributed by atoms with Crippen molar-refractivity contribution in [2.24, 2.45) is 11.7 Å². The summed E-state index contributed by atoms with van der Waals surface area (Å²) in [5.74, 6) is 0.509. The molecule has 2 N–H and O–H groups in total. The van der Waals surface area contributed by atoms with Crippen LogP contribution in [-0.4, -0.2) is 24.5 Å². The fourth-order valence-corrected chi connectivity index (χ4v) is 1.82. The number of halogens is 1. The molecule has 0 fully saturated rings. The Hall–Kier alpha value is -0.570. The predicted octanol–water partition coefficient (Wildman–Crippen LogP) is 3.32. The van der Waals surface area contributed by atoms with Crippen LogP contribution in [0.5, 0.6) is 0 Å². The van der Waals surface area contributed by atoms with Gasteiger partial charge in [-0.1, -0.05) is 37.6 Å². The topological polar surface area (TPSA) is 29.3 Å². The van der Waals surface area contributed by atoms with Crippen molar-refractivity contribution < 1.29 is 0 Å². The third-order valence-corrected chi connectivity index (χ3v) is 3.62. The summed E-state index contributed by atoms with van der Waals surface area (Å²) in [7, 11) is 2.11. The van der Waals surface area contributed by atoms with E-state index in [2.05, 4.69) is 44.9 Å². The van der Waals surface area contributed by atoms with Gasteiger partial charge in [0.1, 0.15) is 0 Å². The van der Waals surface area contributed by atoms with Gasteiger partial charge in [0.05, 0.1) is 0 Å². The summed E-state index contributed by atoms with van der Waals surface area (Å²) >= 11 is 5.89. The van der Waals surface area contributed by atoms with E-state index in [4.69, 9.17) is 17.3 Å². The van der Waals surface area contributed by atoms with Gasteiger partial charge in [0.2, 0.25) is 0 Å². The van der Waals surface area contributed by atoms with Crippen molar-refractivity contribution in [3.8, 4) is 0 Å². The first-order valence-electron chi connectivity index (χ1n) is 6.13. The number of hydrogen-bond donors (Lipinski definition) is 1. The maximum Gasteiger partial charge on any atom is 0.0406 e. The number of likely N-dealkylation sites (N-methyl/N-ethyl adjacent to an activating group) is 1. The normalized spacial score (nSPS) is 15.3. The molecule has 1 rings (SSSR count). The van der Waals surface area contributed by atoms with E-state index in [-0.39, 0.29) is 6.04 Å². The van der Waals surface area contributed by atoms with Crippen LogP contribution < -0.4 is 5.73 Å². The Balaban J connectivity index is 2.63. The summed E-state index contributed by atoms with van der Waals surface area (Å²) in [5, 5.41) is 0.780. The summed E-state index contributed by atoms with van der Waals surface area (Å²) in [5.41, 5.74) is 7.37. The average molecular weight is 255 g/mol. The Bertz CT molecular complexity index is 335. The van der Waals surface area contributed by atoms with Gasteiger partial charge in [-0.2, -0.15) is 0 Å². The molecule has 0 aromatic heterocycles. The second kappa shape index (κ2) is 6.39. The van der Waals surface area contributed by atoms with Crippen molar-refractivity contribution in [3.63, 3.8) is 0 Å². The Kier molecular flexibility index (Phi) is 5.44. The number of hydrogen-bond acceptors (Lipinski definition) is 2. The first-order valence-corrected chi connectivity index (χ1v) is 6.51. The molecule has 0 aliphatic carbocycles. The highest BCUT2D eigenvalue weighted by Gasteiger charge is 2.16. The molecule has 0 aliphatic rings. The van der Waals surface area contributed by atoms with E-state index in [0.717, 1.165) is 11.6 Å². The van der Waals surface area contributed by atoms with Gasteiger partial charge in [-0.05, 0) is 37.6 Å². The quantitative estimate of drug-likeness (QED) is 0.874. The molecular formula is C14H23ClN2. The first kappa shape index (κ1) is 14.5. The number of rotatable bonds is 5. The molecule has 2 nitrogen and oxygen atoms in total. The van der Waals surface area contributed by atoms with Gasteiger partial charge in [0.15, 0.2) is 0 Å². The molecule has 3 heteroatoms. The molecule has 0 radical (unpaired) electrons. The third kappa shape index (κ3) is 4.30. The van der Waals surface area contributed by atoms with Crippen molar-refractivity contribution in [2.75, 3.05) is 13.6 Å². The van der Waals surface area contributed by atoms with Crippen LogP contribution in [0, 0.1) is 5.92 Å². The van der Waals surface area contributed by atoms with Gasteiger partial charge in [-0.25, -0.2) is 0 Å². The minimum Gasteiger partial charge on any atom is -0.326 e. The van der Waals surface area contributed by atoms with Gasteiger partial charge in [0.25, 0.3) is 0 Å². The fraction of sp³-hybridized carbons (Fsp3) is 0.571. The average Bonchev–Trinajstić information content (AvgIpc) is 2.28. The Morgan fingerprint density at radius 1 is 1.18 bits per heavy atom. The maximum absolute atomic E-state index is 6.09. The van der Waals surface area contributed by atoms with Crippen molar-refractivity contribution >= 4 is 11.6 Å². The smallest absolute Gasteiger partial charge is 0.0406 e. The highest BCUT2D eigenvalue weighted by atomic mass is 35.5. The highest BCUT2D eigenvalue weighted by molar-refractivity contribution is 6.30. The number of benzene rings is 1. The van der Waals surface area contributed by atoms with Gasteiger partial charge in [0, 0.05) is 23.7 Å². The molecule has 0 saturated heterocycles. The summed E-state index contributed by atoms with van der Waals surface area (Å²) in [6.45, 7) is 7.41. The molecule has 2 unspecified atom stereocenters. The molecule has 1 aromatic rings. The lowest BCUT2D eigenvalue weighted by molar-refractivity contribution is 0.227. The van der Waals surface area contributed by atoms with Crippen LogP contribution in [0.2, 0.25) is 5.02 Å². The molecule has 0 amide bonds. The predicted molar refractivity (Wildman–Crippen MR) is 75.3 cm³/mol. The first-order chi connectivity index (χ1) is 7.91. The summed E-state index contributed by atoms with van der Waals surface area (Å²) < 4.78 is 0. The SMILES string of the molecule is CC(C)C(N)CN(C)C(C)c1ccc(Cl)cc1. The van der Waals surface area contributed by atoms with Crippen LogP contribution in [0.25, 0.3) is 0 Å². The van der Waals surface area contributed by atoms with Gasteiger partial charge in [-0.3, -0.25) is 4.90 Å². The van der Waals surface area contributed by atoms with Gasteiger partial charge >= 0.3 is 0 Å². The van der Waals surface area contributed by atoms with E-state index in [1.54, 1.807) is 0 Å². The zero-order valence-corrected chi connectivity index (χ0v) is 11.9. The second-order valence-electron chi connectivity index (χ2n) is 5.07. The summed E-state index contributed by atoms with van der Waals surface area (Å²) in [6, 6.07) is 8.59. The van der Waals surface area contributed by atoms with Crippen LogP contribution in [0.3, 0.4) is 0 Å². The molecule has 0 heterocycles. The molecule has 0 spiro atoms. The van der Waals surface area contributed by atoms with Crippen molar-refractivity contribution in [1.82, 2.24) is 4.90 Å². The molecule has 0 bridgehead atoms. The van der Waals surface area contributed by atoms with E-state index in [1.165, 1.54) is 5.56 Å². The van der Waals surface area contributed by atoms with Crippen LogP contribution in [0.4, 0.5) is 0 Å². The minimum atomic E-state index is 0.217. The second-order valence-corrected chi connectivity index (χ2v) is 5.51. The number of nitrogens with zero attached hydrogens (tertiary/aromatic N) is 1. The molecule has 0 aliphatic heterocycles. The van der Waals surface area contributed by atoms with Gasteiger partial charge in [-0.15, -0.1) is 0 Å². The third-order valence-electron chi connectivity index (χ3n) is 3.37. The maximum atomic E-state index is 6.09. The Morgan fingerprint density at radius 2 is 1.71 bits per heavy atom. The van der Waals surface area contributed by atoms with Crippen LogP contribution in [0.1, 0.15) is 32.4 Å². The molecule has 1 aromatic carbocycles. The molecule has 17 heavy (non-hydrogen) atoms. The molecule has 96 valence electrons. The zero-order valence-electron chi connectivity index (χ0n) is 11.2. The van der Waals surface area contributed by atoms with E-state index < -0.39 is 0 Å². The van der Waals surface area contributed by atoms with Crippen LogP contribution in [-0.2, 0) is 0 Å². The highest BCUT2D eigenvalue weighted by Crippen LogP contribution is 2.21. The van der Waals surface area contributed by atoms with Gasteiger partial charge < -0.3 is 5.73 Å². The summed E-state index contributed by atoms with van der Waals surface area (Å²) in [4.78, 5) is 2.29. The lowest BCUT2D eigenvalue weighted by Gasteiger charge is -2.29. The largest absolute Gasteiger partial charge is 0.326 e. The minimum absolute atomic E-state index is 0.217. The Morgan fingerprint density at radius 3 is 2.18 bits per heavy atom. The standard InChI is InChI=1S/C14H23ClN2/c1-10(2)14(16)9-17(4)11(3)12-5-7-13(15)8-6-12/h5-8,10-11,14H,9,16H2,1-4H3. The van der Waals surface area contributed by atoms with E-state index in [0.29, 0.717) is 12.0 Å². The van der Waals surface area contributed by atoms with E-state index in [1.807, 2.05) is 12.1 Å². The van der Waals surface area contributed by atoms with Crippen molar-refractivity contribution in [2.45, 2.75) is 32.9 Å². The lowest BCUT2D eigenvalue weighted by atomic mass is 10.0. The molecule has 2 atom stereocenters. The van der Waals surface area contributed by atoms with Crippen molar-refractivity contribution in [3.05, 3.63) is 34.9 Å². The van der Waals surface area contributed by atoms with E-state index >= 15 is 0 Å². The zero-order chi connectivity index (χ0) is 13.0. The monoisotopic (exact) mass is 254 g/mol. The Labute approximate surface area is 110 Å². The van der Waals surface area contributed by atoms with E-state index in [9.17, 15) is 0 Å². The van der Waals surface area contributed by atoms with Crippen molar-refractivity contribution in [1.29, 1.82) is 0 Å². The molecular weight excluding hydrogens is 232 g/mol. The fourth-order valence-electron chi connectivity index (χ4n) is 1.70. The molecule has 0 saturated carbocycles. The summed E-state index contributed by atoms with van der Waals surface area (Å²) in [6.07, 6.45) is 0.